The Morgan fingerprint density at radius 2 is 2.13 bits per heavy atom. The number of fused-ring (bicyclic) bond motifs is 1. The fourth-order valence-corrected chi connectivity index (χ4v) is 1.40. The van der Waals surface area contributed by atoms with E-state index in [4.69, 9.17) is 11.2 Å². The third-order valence-corrected chi connectivity index (χ3v) is 2.13. The Morgan fingerprint density at radius 3 is 2.93 bits per heavy atom. The van der Waals surface area contributed by atoms with Gasteiger partial charge in [0, 0.05) is 11.6 Å². The lowest BCUT2D eigenvalue weighted by atomic mass is 10.2. The second-order valence-corrected chi connectivity index (χ2v) is 3.26. The Hall–Kier alpha value is -2.01. The first-order chi connectivity index (χ1) is 7.31. The van der Waals surface area contributed by atoms with Crippen LogP contribution >= 0.6 is 0 Å². The van der Waals surface area contributed by atoms with E-state index in [0.29, 0.717) is 0 Å². The highest BCUT2D eigenvalue weighted by atomic mass is 16.5. The van der Waals surface area contributed by atoms with Crippen LogP contribution in [0.4, 0.5) is 0 Å². The molecule has 1 atom stereocenters. The third-order valence-electron chi connectivity index (χ3n) is 2.13. The molecule has 74 valence electrons. The molecule has 0 aliphatic rings. The maximum atomic E-state index is 5.58. The van der Waals surface area contributed by atoms with E-state index < -0.39 is 0 Å². The van der Waals surface area contributed by atoms with Crippen LogP contribution in [0.1, 0.15) is 6.92 Å². The molecule has 0 saturated heterocycles. The van der Waals surface area contributed by atoms with Crippen molar-refractivity contribution in [1.29, 1.82) is 0 Å². The summed E-state index contributed by atoms with van der Waals surface area (Å²) in [5, 5.41) is 1.05. The van der Waals surface area contributed by atoms with E-state index in [1.165, 1.54) is 0 Å². The average Bonchev–Trinajstić information content (AvgIpc) is 2.29. The van der Waals surface area contributed by atoms with Crippen molar-refractivity contribution in [2.24, 2.45) is 0 Å². The van der Waals surface area contributed by atoms with Crippen molar-refractivity contribution in [2.75, 3.05) is 0 Å². The third kappa shape index (κ3) is 1.92. The molecule has 1 heterocycles. The van der Waals surface area contributed by atoms with Crippen LogP contribution < -0.4 is 4.74 Å². The van der Waals surface area contributed by atoms with Gasteiger partial charge >= 0.3 is 0 Å². The van der Waals surface area contributed by atoms with Gasteiger partial charge in [-0.05, 0) is 19.1 Å². The van der Waals surface area contributed by atoms with Crippen molar-refractivity contribution in [1.82, 2.24) is 4.98 Å². The molecular weight excluding hydrogens is 186 g/mol. The number of ether oxygens (including phenoxy) is 1. The van der Waals surface area contributed by atoms with E-state index in [0.717, 1.165) is 16.7 Å². The monoisotopic (exact) mass is 197 g/mol. The van der Waals surface area contributed by atoms with E-state index in [1.54, 1.807) is 6.20 Å². The van der Waals surface area contributed by atoms with Gasteiger partial charge in [0.1, 0.15) is 11.3 Å². The molecule has 0 spiro atoms. The molecule has 1 aromatic carbocycles. The normalized spacial score (nSPS) is 12.0. The predicted octanol–water partition coefficient (Wildman–Crippen LogP) is 2.64. The zero-order chi connectivity index (χ0) is 10.7. The van der Waals surface area contributed by atoms with Crippen molar-refractivity contribution >= 4 is 10.9 Å². The highest BCUT2D eigenvalue weighted by Crippen LogP contribution is 2.23. The van der Waals surface area contributed by atoms with Gasteiger partial charge in [-0.3, -0.25) is 4.98 Å². The largest absolute Gasteiger partial charge is 0.476 e. The van der Waals surface area contributed by atoms with E-state index in [1.807, 2.05) is 37.3 Å². The fourth-order valence-electron chi connectivity index (χ4n) is 1.40. The number of hydrogen-bond acceptors (Lipinski definition) is 2. The van der Waals surface area contributed by atoms with Gasteiger partial charge in [-0.25, -0.2) is 0 Å². The van der Waals surface area contributed by atoms with Gasteiger partial charge in [0.25, 0.3) is 0 Å². The highest BCUT2D eigenvalue weighted by Gasteiger charge is 2.04. The van der Waals surface area contributed by atoms with Gasteiger partial charge in [0.2, 0.25) is 0 Å². The van der Waals surface area contributed by atoms with Crippen LogP contribution in [0.2, 0.25) is 0 Å². The smallest absolute Gasteiger partial charge is 0.156 e. The van der Waals surface area contributed by atoms with E-state index in [2.05, 4.69) is 10.9 Å². The van der Waals surface area contributed by atoms with Gasteiger partial charge in [0.15, 0.2) is 6.10 Å². The Labute approximate surface area is 88.9 Å². The van der Waals surface area contributed by atoms with Gasteiger partial charge in [-0.2, -0.15) is 0 Å². The zero-order valence-corrected chi connectivity index (χ0v) is 8.47. The maximum absolute atomic E-state index is 5.58. The number of para-hydroxylation sites is 1. The van der Waals surface area contributed by atoms with Crippen LogP contribution in [0.25, 0.3) is 10.9 Å². The predicted molar refractivity (Wildman–Crippen MR) is 60.7 cm³/mol. The van der Waals surface area contributed by atoms with Gasteiger partial charge in [-0.1, -0.05) is 24.1 Å². The van der Waals surface area contributed by atoms with E-state index >= 15 is 0 Å². The molecule has 0 saturated carbocycles. The molecule has 0 N–H and O–H groups in total. The number of benzene rings is 1. The first-order valence-corrected chi connectivity index (χ1v) is 4.78. The van der Waals surface area contributed by atoms with Crippen LogP contribution in [-0.4, -0.2) is 11.1 Å². The summed E-state index contributed by atoms with van der Waals surface area (Å²) in [6.45, 7) is 1.84. The van der Waals surface area contributed by atoms with Gasteiger partial charge in [-0.15, -0.1) is 6.42 Å². The Balaban J connectivity index is 2.48. The molecule has 2 rings (SSSR count). The molecule has 2 aromatic rings. The molecular formula is C13H11NO. The number of aromatic nitrogens is 1. The van der Waals surface area contributed by atoms with Crippen molar-refractivity contribution < 1.29 is 4.74 Å². The summed E-state index contributed by atoms with van der Waals surface area (Å²) in [4.78, 5) is 4.27. The lowest BCUT2D eigenvalue weighted by Crippen LogP contribution is -2.08. The first kappa shape index (κ1) is 9.54. The summed E-state index contributed by atoms with van der Waals surface area (Å²) >= 11 is 0. The van der Waals surface area contributed by atoms with Crippen LogP contribution in [-0.2, 0) is 0 Å². The van der Waals surface area contributed by atoms with Crippen molar-refractivity contribution in [3.8, 4) is 18.1 Å². The molecule has 15 heavy (non-hydrogen) atoms. The van der Waals surface area contributed by atoms with Crippen LogP contribution in [0, 0.1) is 12.3 Å². The number of nitrogens with zero attached hydrogens (tertiary/aromatic N) is 1. The molecule has 1 aromatic heterocycles. The molecule has 2 heteroatoms. The molecule has 0 radical (unpaired) electrons. The van der Waals surface area contributed by atoms with Crippen molar-refractivity contribution in [3.05, 3.63) is 36.5 Å². The van der Waals surface area contributed by atoms with Crippen molar-refractivity contribution in [3.63, 3.8) is 0 Å². The second-order valence-electron chi connectivity index (χ2n) is 3.26. The summed E-state index contributed by atoms with van der Waals surface area (Å²) in [5.41, 5.74) is 0.849. The van der Waals surface area contributed by atoms with Gasteiger partial charge in [0.05, 0.1) is 0 Å². The lowest BCUT2D eigenvalue weighted by molar-refractivity contribution is 0.282. The summed E-state index contributed by atoms with van der Waals surface area (Å²) in [6, 6.07) is 9.70. The summed E-state index contributed by atoms with van der Waals surface area (Å²) < 4.78 is 5.58. The molecule has 2 nitrogen and oxygen atoms in total. The van der Waals surface area contributed by atoms with E-state index in [9.17, 15) is 0 Å². The van der Waals surface area contributed by atoms with Crippen molar-refractivity contribution in [2.45, 2.75) is 13.0 Å². The molecule has 0 aliphatic carbocycles. The summed E-state index contributed by atoms with van der Waals surface area (Å²) in [7, 11) is 0. The van der Waals surface area contributed by atoms with E-state index in [-0.39, 0.29) is 6.10 Å². The number of rotatable bonds is 2. The Kier molecular flexibility index (Phi) is 2.55. The zero-order valence-electron chi connectivity index (χ0n) is 8.47. The maximum Gasteiger partial charge on any atom is 0.156 e. The SMILES string of the molecule is C#CC(C)Oc1cccc2cccnc12. The van der Waals surface area contributed by atoms with Gasteiger partial charge < -0.3 is 4.74 Å². The Morgan fingerprint density at radius 1 is 1.33 bits per heavy atom. The summed E-state index contributed by atoms with van der Waals surface area (Å²) in [5.74, 6) is 3.26. The van der Waals surface area contributed by atoms with Crippen LogP contribution in [0.15, 0.2) is 36.5 Å². The highest BCUT2D eigenvalue weighted by molar-refractivity contribution is 5.84. The average molecular weight is 197 g/mol. The number of hydrogen-bond donors (Lipinski definition) is 0. The Bertz CT molecular complexity index is 508. The molecule has 0 bridgehead atoms. The molecule has 0 fully saturated rings. The number of pyridine rings is 1. The second kappa shape index (κ2) is 4.02. The summed E-state index contributed by atoms with van der Waals surface area (Å²) in [6.07, 6.45) is 6.78. The minimum atomic E-state index is -0.238. The minimum absolute atomic E-state index is 0.238. The fraction of sp³-hybridized carbons (Fsp3) is 0.154. The quantitative estimate of drug-likeness (QED) is 0.690. The number of terminal acetylenes is 1. The lowest BCUT2D eigenvalue weighted by Gasteiger charge is -2.10. The molecule has 0 aliphatic heterocycles. The van der Waals surface area contributed by atoms with Crippen LogP contribution in [0.5, 0.6) is 5.75 Å². The molecule has 1 unspecified atom stereocenters. The molecule has 0 amide bonds. The topological polar surface area (TPSA) is 22.1 Å². The minimum Gasteiger partial charge on any atom is -0.476 e. The first-order valence-electron chi connectivity index (χ1n) is 4.78. The van der Waals surface area contributed by atoms with Crippen LogP contribution in [0.3, 0.4) is 0 Å². The standard InChI is InChI=1S/C13H11NO/c1-3-10(2)15-12-8-4-6-11-7-5-9-14-13(11)12/h1,4-10H,2H3.